The lowest BCUT2D eigenvalue weighted by atomic mass is 10.0. The molecule has 1 aliphatic heterocycles. The van der Waals surface area contributed by atoms with E-state index >= 15 is 0 Å². The Balaban J connectivity index is 1.78. The number of hydrogen-bond donors (Lipinski definition) is 2. The molecule has 0 spiro atoms. The van der Waals surface area contributed by atoms with E-state index in [0.29, 0.717) is 13.1 Å². The van der Waals surface area contributed by atoms with Crippen molar-refractivity contribution in [1.29, 1.82) is 0 Å². The third-order valence-electron chi connectivity index (χ3n) is 3.68. The van der Waals surface area contributed by atoms with Gasteiger partial charge in [-0.3, -0.25) is 4.79 Å². The molecule has 1 saturated heterocycles. The smallest absolute Gasteiger partial charge is 0.321 e. The van der Waals surface area contributed by atoms with E-state index in [1.54, 1.807) is 4.90 Å². The summed E-state index contributed by atoms with van der Waals surface area (Å²) < 4.78 is 0. The van der Waals surface area contributed by atoms with Gasteiger partial charge in [0.2, 0.25) is 5.91 Å². The van der Waals surface area contributed by atoms with E-state index in [1.165, 1.54) is 0 Å². The predicted octanol–water partition coefficient (Wildman–Crippen LogP) is 2.46. The number of urea groups is 1. The van der Waals surface area contributed by atoms with Gasteiger partial charge in [-0.05, 0) is 25.0 Å². The number of likely N-dealkylation sites (tertiary alicyclic amines) is 1. The van der Waals surface area contributed by atoms with Crippen molar-refractivity contribution in [3.63, 3.8) is 0 Å². The van der Waals surface area contributed by atoms with E-state index < -0.39 is 0 Å². The highest BCUT2D eigenvalue weighted by Crippen LogP contribution is 2.13. The molecule has 1 heterocycles. The van der Waals surface area contributed by atoms with E-state index in [0.717, 1.165) is 18.5 Å². The van der Waals surface area contributed by atoms with Crippen molar-refractivity contribution in [2.45, 2.75) is 32.7 Å². The summed E-state index contributed by atoms with van der Waals surface area (Å²) in [7, 11) is 0. The number of carbonyl (C=O) groups excluding carboxylic acids is 2. The maximum absolute atomic E-state index is 12.1. The number of benzene rings is 1. The monoisotopic (exact) mass is 289 g/mol. The highest BCUT2D eigenvalue weighted by Gasteiger charge is 2.24. The summed E-state index contributed by atoms with van der Waals surface area (Å²) in [6, 6.07) is 9.54. The molecular weight excluding hydrogens is 266 g/mol. The second-order valence-corrected chi connectivity index (χ2v) is 5.72. The third-order valence-corrected chi connectivity index (χ3v) is 3.68. The molecule has 1 aliphatic rings. The van der Waals surface area contributed by atoms with Crippen molar-refractivity contribution >= 4 is 17.6 Å². The fraction of sp³-hybridized carbons (Fsp3) is 0.500. The molecule has 0 atom stereocenters. The summed E-state index contributed by atoms with van der Waals surface area (Å²) in [5.74, 6) is 0.0894. The molecule has 21 heavy (non-hydrogen) atoms. The minimum absolute atomic E-state index is 0.00408. The van der Waals surface area contributed by atoms with Gasteiger partial charge in [-0.1, -0.05) is 32.0 Å². The zero-order valence-electron chi connectivity index (χ0n) is 12.6. The van der Waals surface area contributed by atoms with Crippen LogP contribution >= 0.6 is 0 Å². The number of piperidine rings is 1. The Hall–Kier alpha value is -2.04. The first kappa shape index (κ1) is 15.4. The van der Waals surface area contributed by atoms with Crippen molar-refractivity contribution in [3.8, 4) is 0 Å². The van der Waals surface area contributed by atoms with Crippen LogP contribution in [0.1, 0.15) is 26.7 Å². The first-order valence-electron chi connectivity index (χ1n) is 7.47. The Bertz CT molecular complexity index is 480. The van der Waals surface area contributed by atoms with E-state index in [9.17, 15) is 9.59 Å². The Morgan fingerprint density at radius 2 is 1.76 bits per heavy atom. The number of amides is 3. The Labute approximate surface area is 125 Å². The molecule has 2 rings (SSSR count). The molecule has 1 fully saturated rings. The van der Waals surface area contributed by atoms with E-state index in [2.05, 4.69) is 10.6 Å². The predicted molar refractivity (Wildman–Crippen MR) is 83.0 cm³/mol. The molecule has 0 aliphatic carbocycles. The van der Waals surface area contributed by atoms with Crippen molar-refractivity contribution in [3.05, 3.63) is 30.3 Å². The maximum Gasteiger partial charge on any atom is 0.321 e. The molecule has 3 amide bonds. The first-order valence-corrected chi connectivity index (χ1v) is 7.47. The summed E-state index contributed by atoms with van der Waals surface area (Å²) in [5, 5.41) is 5.92. The van der Waals surface area contributed by atoms with Crippen LogP contribution in [0.3, 0.4) is 0 Å². The lowest BCUT2D eigenvalue weighted by Crippen LogP contribution is -2.48. The minimum atomic E-state index is -0.0742. The number of nitrogens with one attached hydrogen (secondary N) is 2. The third kappa shape index (κ3) is 4.48. The summed E-state index contributed by atoms with van der Waals surface area (Å²) in [6.45, 7) is 5.11. The molecule has 1 aromatic carbocycles. The summed E-state index contributed by atoms with van der Waals surface area (Å²) in [6.07, 6.45) is 1.61. The topological polar surface area (TPSA) is 61.4 Å². The van der Waals surface area contributed by atoms with Crippen LogP contribution in [0.4, 0.5) is 10.5 Å². The standard InChI is InChI=1S/C16H23N3O2/c1-12(2)15(20)17-14-8-10-19(11-9-14)16(21)18-13-6-4-3-5-7-13/h3-7,12,14H,8-11H2,1-2H3,(H,17,20)(H,18,21). The van der Waals surface area contributed by atoms with Gasteiger partial charge in [-0.2, -0.15) is 0 Å². The molecule has 1 aromatic rings. The molecule has 2 N–H and O–H groups in total. The quantitative estimate of drug-likeness (QED) is 0.898. The van der Waals surface area contributed by atoms with Crippen LogP contribution in [0.25, 0.3) is 0 Å². The molecule has 0 unspecified atom stereocenters. The fourth-order valence-electron chi connectivity index (χ4n) is 2.32. The number of para-hydroxylation sites is 1. The summed E-state index contributed by atoms with van der Waals surface area (Å²) >= 11 is 0. The van der Waals surface area contributed by atoms with Crippen molar-refractivity contribution in [2.24, 2.45) is 5.92 Å². The second kappa shape index (κ2) is 7.11. The van der Waals surface area contributed by atoms with Crippen LogP contribution in [0.15, 0.2) is 30.3 Å². The Morgan fingerprint density at radius 1 is 1.14 bits per heavy atom. The van der Waals surface area contributed by atoms with Gasteiger partial charge in [-0.25, -0.2) is 4.79 Å². The lowest BCUT2D eigenvalue weighted by molar-refractivity contribution is -0.124. The summed E-state index contributed by atoms with van der Waals surface area (Å²) in [5.41, 5.74) is 0.803. The molecule has 0 radical (unpaired) electrons. The Kier molecular flexibility index (Phi) is 5.20. The van der Waals surface area contributed by atoms with Crippen molar-refractivity contribution in [2.75, 3.05) is 18.4 Å². The SMILES string of the molecule is CC(C)C(=O)NC1CCN(C(=O)Nc2ccccc2)CC1. The van der Waals surface area contributed by atoms with Gasteiger partial charge in [-0.15, -0.1) is 0 Å². The van der Waals surface area contributed by atoms with Crippen molar-refractivity contribution in [1.82, 2.24) is 10.2 Å². The van der Waals surface area contributed by atoms with Gasteiger partial charge in [0.15, 0.2) is 0 Å². The van der Waals surface area contributed by atoms with E-state index in [4.69, 9.17) is 0 Å². The van der Waals surface area contributed by atoms with Crippen LogP contribution in [-0.2, 0) is 4.79 Å². The largest absolute Gasteiger partial charge is 0.353 e. The number of anilines is 1. The number of hydrogen-bond acceptors (Lipinski definition) is 2. The first-order chi connectivity index (χ1) is 10.1. The Morgan fingerprint density at radius 3 is 2.33 bits per heavy atom. The van der Waals surface area contributed by atoms with Crippen molar-refractivity contribution < 1.29 is 9.59 Å². The van der Waals surface area contributed by atoms with Gasteiger partial charge in [0.25, 0.3) is 0 Å². The lowest BCUT2D eigenvalue weighted by Gasteiger charge is -2.32. The normalized spacial score (nSPS) is 15.9. The minimum Gasteiger partial charge on any atom is -0.353 e. The van der Waals surface area contributed by atoms with Gasteiger partial charge < -0.3 is 15.5 Å². The summed E-state index contributed by atoms with van der Waals surface area (Å²) in [4.78, 5) is 25.6. The molecule has 0 saturated carbocycles. The maximum atomic E-state index is 12.1. The zero-order valence-corrected chi connectivity index (χ0v) is 12.6. The van der Waals surface area contributed by atoms with Crippen LogP contribution in [0.5, 0.6) is 0 Å². The molecule has 0 aromatic heterocycles. The highest BCUT2D eigenvalue weighted by atomic mass is 16.2. The highest BCUT2D eigenvalue weighted by molar-refractivity contribution is 5.89. The van der Waals surface area contributed by atoms with Crippen LogP contribution < -0.4 is 10.6 Å². The van der Waals surface area contributed by atoms with Crippen LogP contribution in [0.2, 0.25) is 0 Å². The van der Waals surface area contributed by atoms with E-state index in [-0.39, 0.29) is 23.9 Å². The van der Waals surface area contributed by atoms with Crippen LogP contribution in [0, 0.1) is 5.92 Å². The molecule has 5 nitrogen and oxygen atoms in total. The van der Waals surface area contributed by atoms with Crippen LogP contribution in [-0.4, -0.2) is 36.0 Å². The van der Waals surface area contributed by atoms with Gasteiger partial charge >= 0.3 is 6.03 Å². The van der Waals surface area contributed by atoms with E-state index in [1.807, 2.05) is 44.2 Å². The number of carbonyl (C=O) groups is 2. The van der Waals surface area contributed by atoms with Gasteiger partial charge in [0.05, 0.1) is 0 Å². The zero-order chi connectivity index (χ0) is 15.2. The van der Waals surface area contributed by atoms with Gasteiger partial charge in [0, 0.05) is 30.7 Å². The average Bonchev–Trinajstić information content (AvgIpc) is 2.48. The molecule has 5 heteroatoms. The molecule has 0 bridgehead atoms. The second-order valence-electron chi connectivity index (χ2n) is 5.72. The average molecular weight is 289 g/mol. The number of nitrogens with zero attached hydrogens (tertiary/aromatic N) is 1. The molecular formula is C16H23N3O2. The van der Waals surface area contributed by atoms with Gasteiger partial charge in [0.1, 0.15) is 0 Å². The molecule has 114 valence electrons. The fourth-order valence-corrected chi connectivity index (χ4v) is 2.32. The number of rotatable bonds is 3.